The van der Waals surface area contributed by atoms with Crippen molar-refractivity contribution in [2.24, 2.45) is 5.92 Å². The molecule has 2 rings (SSSR count). The van der Waals surface area contributed by atoms with E-state index in [9.17, 15) is 13.2 Å². The van der Waals surface area contributed by atoms with Gasteiger partial charge >= 0.3 is 0 Å². The molecule has 1 heterocycles. The summed E-state index contributed by atoms with van der Waals surface area (Å²) in [5.41, 5.74) is 0.550. The Morgan fingerprint density at radius 2 is 2.12 bits per heavy atom. The maximum Gasteiger partial charge on any atom is 0.254 e. The molecule has 5 nitrogen and oxygen atoms in total. The van der Waals surface area contributed by atoms with Crippen molar-refractivity contribution in [2.75, 3.05) is 24.7 Å². The van der Waals surface area contributed by atoms with E-state index >= 15 is 0 Å². The molecule has 0 spiro atoms. The Kier molecular flexibility index (Phi) is 6.27. The van der Waals surface area contributed by atoms with Crippen LogP contribution in [0.15, 0.2) is 24.3 Å². The van der Waals surface area contributed by atoms with Crippen LogP contribution in [-0.2, 0) is 9.84 Å². The van der Waals surface area contributed by atoms with Gasteiger partial charge in [0.05, 0.1) is 18.1 Å². The number of ether oxygens (including phenoxy) is 1. The van der Waals surface area contributed by atoms with Crippen molar-refractivity contribution < 1.29 is 17.9 Å². The second-order valence-corrected chi connectivity index (χ2v) is 9.02. The van der Waals surface area contributed by atoms with Crippen LogP contribution >= 0.6 is 0 Å². The van der Waals surface area contributed by atoms with Crippen LogP contribution in [0.4, 0.5) is 0 Å². The number of rotatable bonds is 7. The molecule has 1 atom stereocenters. The Bertz CT molecular complexity index is 669. The summed E-state index contributed by atoms with van der Waals surface area (Å²) in [5.74, 6) is 1.20. The number of hydrogen-bond acceptors (Lipinski definition) is 4. The third-order valence-corrected chi connectivity index (χ3v) is 5.79. The predicted octanol–water partition coefficient (Wildman–Crippen LogP) is 2.76. The van der Waals surface area contributed by atoms with Crippen molar-refractivity contribution >= 4 is 15.7 Å². The molecule has 1 fully saturated rings. The van der Waals surface area contributed by atoms with Crippen molar-refractivity contribution in [1.29, 1.82) is 0 Å². The Hall–Kier alpha value is -1.56. The predicted molar refractivity (Wildman–Crippen MR) is 95.2 cm³/mol. The van der Waals surface area contributed by atoms with Crippen LogP contribution < -0.4 is 4.74 Å². The molecule has 24 heavy (non-hydrogen) atoms. The van der Waals surface area contributed by atoms with Gasteiger partial charge in [-0.15, -0.1) is 0 Å². The molecule has 134 valence electrons. The van der Waals surface area contributed by atoms with Gasteiger partial charge in [0, 0.05) is 18.2 Å². The van der Waals surface area contributed by atoms with Crippen molar-refractivity contribution in [2.45, 2.75) is 39.7 Å². The number of sulfone groups is 1. The smallest absolute Gasteiger partial charge is 0.254 e. The molecule has 0 aliphatic carbocycles. The van der Waals surface area contributed by atoms with Crippen LogP contribution in [0.1, 0.15) is 44.0 Å². The van der Waals surface area contributed by atoms with Gasteiger partial charge in [0.2, 0.25) is 0 Å². The van der Waals surface area contributed by atoms with Crippen molar-refractivity contribution in [3.05, 3.63) is 29.8 Å². The zero-order valence-corrected chi connectivity index (χ0v) is 15.5. The Labute approximate surface area is 144 Å². The van der Waals surface area contributed by atoms with Crippen LogP contribution in [0.25, 0.3) is 0 Å². The molecule has 1 unspecified atom stereocenters. The summed E-state index contributed by atoms with van der Waals surface area (Å²) in [4.78, 5) is 14.6. The molecule has 6 heteroatoms. The maximum absolute atomic E-state index is 12.9. The monoisotopic (exact) mass is 353 g/mol. The van der Waals surface area contributed by atoms with Crippen molar-refractivity contribution in [3.63, 3.8) is 0 Å². The summed E-state index contributed by atoms with van der Waals surface area (Å²) in [6.45, 7) is 7.29. The minimum Gasteiger partial charge on any atom is -0.493 e. The van der Waals surface area contributed by atoms with Gasteiger partial charge in [-0.1, -0.05) is 26.8 Å². The summed E-state index contributed by atoms with van der Waals surface area (Å²) < 4.78 is 29.2. The van der Waals surface area contributed by atoms with E-state index in [1.807, 2.05) is 13.0 Å². The van der Waals surface area contributed by atoms with Crippen LogP contribution in [0.3, 0.4) is 0 Å². The highest BCUT2D eigenvalue weighted by Crippen LogP contribution is 2.22. The molecule has 0 bridgehead atoms. The van der Waals surface area contributed by atoms with E-state index in [2.05, 4.69) is 13.8 Å². The average Bonchev–Trinajstić information content (AvgIpc) is 2.90. The molecule has 1 aliphatic rings. The van der Waals surface area contributed by atoms with E-state index in [-0.39, 0.29) is 23.5 Å². The Balaban J connectivity index is 2.16. The molecule has 1 amide bonds. The first-order chi connectivity index (χ1) is 11.3. The standard InChI is InChI=1S/C18H27NO4S/c1-4-9-19(16-8-10-24(21,22)13-16)18(20)15-6-5-7-17(11-15)23-12-14(2)3/h5-7,11,14,16H,4,8-10,12-13H2,1-3H3. The first-order valence-corrected chi connectivity index (χ1v) is 10.4. The fourth-order valence-corrected chi connectivity index (χ4v) is 4.59. The molecule has 1 aromatic carbocycles. The Morgan fingerprint density at radius 3 is 2.71 bits per heavy atom. The summed E-state index contributed by atoms with van der Waals surface area (Å²) in [7, 11) is -3.02. The van der Waals surface area contributed by atoms with E-state index in [0.717, 1.165) is 6.42 Å². The summed E-state index contributed by atoms with van der Waals surface area (Å²) in [5, 5.41) is 0. The van der Waals surface area contributed by atoms with Crippen LogP contribution in [0.2, 0.25) is 0 Å². The fraction of sp³-hybridized carbons (Fsp3) is 0.611. The highest BCUT2D eigenvalue weighted by molar-refractivity contribution is 7.91. The summed E-state index contributed by atoms with van der Waals surface area (Å²) in [6, 6.07) is 6.93. The third-order valence-electron chi connectivity index (χ3n) is 4.04. The van der Waals surface area contributed by atoms with Crippen LogP contribution in [-0.4, -0.2) is 49.9 Å². The first-order valence-electron chi connectivity index (χ1n) is 8.56. The van der Waals surface area contributed by atoms with Crippen molar-refractivity contribution in [1.82, 2.24) is 4.90 Å². The van der Waals surface area contributed by atoms with Crippen LogP contribution in [0, 0.1) is 5.92 Å². The molecule has 0 saturated carbocycles. The largest absolute Gasteiger partial charge is 0.493 e. The van der Waals surface area contributed by atoms with E-state index in [1.165, 1.54) is 0 Å². The van der Waals surface area contributed by atoms with Gasteiger partial charge < -0.3 is 9.64 Å². The highest BCUT2D eigenvalue weighted by Gasteiger charge is 2.34. The first kappa shape index (κ1) is 18.8. The average molecular weight is 353 g/mol. The zero-order chi connectivity index (χ0) is 17.7. The number of nitrogens with zero attached hydrogens (tertiary/aromatic N) is 1. The molecule has 0 radical (unpaired) electrons. The summed E-state index contributed by atoms with van der Waals surface area (Å²) >= 11 is 0. The van der Waals surface area contributed by atoms with Gasteiger partial charge in [-0.05, 0) is 37.0 Å². The number of amides is 1. The van der Waals surface area contributed by atoms with Gasteiger partial charge in [-0.25, -0.2) is 8.42 Å². The lowest BCUT2D eigenvalue weighted by Crippen LogP contribution is -2.41. The number of hydrogen-bond donors (Lipinski definition) is 0. The second-order valence-electron chi connectivity index (χ2n) is 6.79. The molecule has 0 aromatic heterocycles. The number of carbonyl (C=O) groups is 1. The SMILES string of the molecule is CCCN(C(=O)c1cccc(OCC(C)C)c1)C1CCS(=O)(=O)C1. The topological polar surface area (TPSA) is 63.7 Å². The van der Waals surface area contributed by atoms with E-state index in [4.69, 9.17) is 4.74 Å². The molecule has 1 aromatic rings. The van der Waals surface area contributed by atoms with E-state index in [1.54, 1.807) is 23.1 Å². The van der Waals surface area contributed by atoms with Gasteiger partial charge in [0.25, 0.3) is 5.91 Å². The third kappa shape index (κ3) is 4.97. The Morgan fingerprint density at radius 1 is 1.38 bits per heavy atom. The summed E-state index contributed by atoms with van der Waals surface area (Å²) in [6.07, 6.45) is 1.32. The van der Waals surface area contributed by atoms with Gasteiger partial charge in [0.15, 0.2) is 9.84 Å². The van der Waals surface area contributed by atoms with E-state index in [0.29, 0.717) is 36.8 Å². The normalized spacial score (nSPS) is 19.4. The van der Waals surface area contributed by atoms with Gasteiger partial charge in [-0.3, -0.25) is 4.79 Å². The van der Waals surface area contributed by atoms with Gasteiger partial charge in [0.1, 0.15) is 5.75 Å². The lowest BCUT2D eigenvalue weighted by molar-refractivity contribution is 0.0696. The highest BCUT2D eigenvalue weighted by atomic mass is 32.2. The quantitative estimate of drug-likeness (QED) is 0.756. The fourth-order valence-electron chi connectivity index (χ4n) is 2.86. The van der Waals surface area contributed by atoms with E-state index < -0.39 is 9.84 Å². The molecular weight excluding hydrogens is 326 g/mol. The number of carbonyl (C=O) groups excluding carboxylic acids is 1. The zero-order valence-electron chi connectivity index (χ0n) is 14.7. The molecule has 1 saturated heterocycles. The maximum atomic E-state index is 12.9. The molecule has 1 aliphatic heterocycles. The minimum atomic E-state index is -3.02. The second kappa shape index (κ2) is 8.01. The lowest BCUT2D eigenvalue weighted by atomic mass is 10.1. The minimum absolute atomic E-state index is 0.0717. The molecular formula is C18H27NO4S. The molecule has 0 N–H and O–H groups in total. The van der Waals surface area contributed by atoms with Crippen LogP contribution in [0.5, 0.6) is 5.75 Å². The lowest BCUT2D eigenvalue weighted by Gasteiger charge is -2.28. The number of benzene rings is 1. The van der Waals surface area contributed by atoms with Crippen molar-refractivity contribution in [3.8, 4) is 5.75 Å². The van der Waals surface area contributed by atoms with Gasteiger partial charge in [-0.2, -0.15) is 0 Å².